The normalized spacial score (nSPS) is 20.4. The van der Waals surface area contributed by atoms with Crippen molar-refractivity contribution in [3.63, 3.8) is 0 Å². The van der Waals surface area contributed by atoms with Crippen LogP contribution in [0.2, 0.25) is 0 Å². The Hall–Kier alpha value is -0.910. The third-order valence-electron chi connectivity index (χ3n) is 3.08. The first-order valence-corrected chi connectivity index (χ1v) is 5.77. The second-order valence-corrected chi connectivity index (χ2v) is 4.59. The van der Waals surface area contributed by atoms with Crippen molar-refractivity contribution >= 4 is 0 Å². The van der Waals surface area contributed by atoms with Crippen molar-refractivity contribution in [2.45, 2.75) is 37.5 Å². The topological polar surface area (TPSA) is 70.3 Å². The second kappa shape index (κ2) is 4.95. The summed E-state index contributed by atoms with van der Waals surface area (Å²) in [5.41, 5.74) is -0.522. The van der Waals surface area contributed by atoms with E-state index in [1.54, 1.807) is 10.9 Å². The van der Waals surface area contributed by atoms with E-state index in [9.17, 15) is 10.2 Å². The molecule has 1 fully saturated rings. The van der Waals surface area contributed by atoms with Gasteiger partial charge in [0.15, 0.2) is 0 Å². The summed E-state index contributed by atoms with van der Waals surface area (Å²) in [6, 6.07) is 1.83. The fraction of sp³-hybridized carbons (Fsp3) is 0.727. The van der Waals surface area contributed by atoms with Gasteiger partial charge in [-0.1, -0.05) is 0 Å². The molecule has 1 saturated carbocycles. The van der Waals surface area contributed by atoms with Gasteiger partial charge in [0, 0.05) is 25.5 Å². The lowest BCUT2D eigenvalue weighted by atomic mass is 9.80. The molecule has 1 aliphatic rings. The number of nitrogens with zero attached hydrogens (tertiary/aromatic N) is 2. The highest BCUT2D eigenvalue weighted by molar-refractivity contribution is 4.89. The first-order valence-electron chi connectivity index (χ1n) is 5.77. The molecule has 0 saturated heterocycles. The molecule has 0 aliphatic heterocycles. The molecule has 0 amide bonds. The van der Waals surface area contributed by atoms with Crippen molar-refractivity contribution in [3.8, 4) is 0 Å². The van der Waals surface area contributed by atoms with E-state index in [4.69, 9.17) is 0 Å². The zero-order valence-electron chi connectivity index (χ0n) is 9.34. The minimum atomic E-state index is -0.522. The Morgan fingerprint density at radius 2 is 2.31 bits per heavy atom. The summed E-state index contributed by atoms with van der Waals surface area (Å²) in [5.74, 6) is 0. The van der Waals surface area contributed by atoms with Crippen molar-refractivity contribution in [1.29, 1.82) is 0 Å². The van der Waals surface area contributed by atoms with Crippen LogP contribution in [0.25, 0.3) is 0 Å². The maximum atomic E-state index is 9.82. The van der Waals surface area contributed by atoms with Gasteiger partial charge in [0.05, 0.1) is 18.2 Å². The summed E-state index contributed by atoms with van der Waals surface area (Å²) in [7, 11) is 0. The number of hydrogen-bond acceptors (Lipinski definition) is 4. The molecule has 1 aliphatic carbocycles. The summed E-state index contributed by atoms with van der Waals surface area (Å²) < 4.78 is 1.70. The van der Waals surface area contributed by atoms with Gasteiger partial charge in [-0.2, -0.15) is 5.10 Å². The van der Waals surface area contributed by atoms with E-state index in [1.807, 2.05) is 12.3 Å². The average molecular weight is 225 g/mol. The van der Waals surface area contributed by atoms with Gasteiger partial charge in [0.25, 0.3) is 0 Å². The first kappa shape index (κ1) is 11.6. The second-order valence-electron chi connectivity index (χ2n) is 4.59. The summed E-state index contributed by atoms with van der Waals surface area (Å²) in [4.78, 5) is 0. The zero-order chi connectivity index (χ0) is 11.4. The van der Waals surface area contributed by atoms with Gasteiger partial charge in [-0.15, -0.1) is 0 Å². The Kier molecular flexibility index (Phi) is 3.58. The molecule has 1 atom stereocenters. The van der Waals surface area contributed by atoms with E-state index in [0.29, 0.717) is 19.6 Å². The van der Waals surface area contributed by atoms with Crippen LogP contribution in [0.15, 0.2) is 18.5 Å². The van der Waals surface area contributed by atoms with Gasteiger partial charge >= 0.3 is 0 Å². The van der Waals surface area contributed by atoms with Gasteiger partial charge in [-0.05, 0) is 25.3 Å². The highest BCUT2D eigenvalue weighted by Gasteiger charge is 2.33. The fourth-order valence-electron chi connectivity index (χ4n) is 1.92. The van der Waals surface area contributed by atoms with Crippen LogP contribution in [0.4, 0.5) is 0 Å². The maximum Gasteiger partial charge on any atom is 0.0860 e. The maximum absolute atomic E-state index is 9.82. The molecule has 5 nitrogen and oxygen atoms in total. The van der Waals surface area contributed by atoms with Crippen LogP contribution in [0.1, 0.15) is 19.3 Å². The SMILES string of the molecule is OC(CNCC1(O)CCC1)Cn1cccn1. The molecule has 1 unspecified atom stereocenters. The number of rotatable bonds is 6. The molecule has 1 aromatic heterocycles. The standard InChI is InChI=1S/C11H19N3O2/c15-10(8-14-6-2-5-13-14)7-12-9-11(16)3-1-4-11/h2,5-6,10,12,15-16H,1,3-4,7-9H2. The minimum Gasteiger partial charge on any atom is -0.390 e. The highest BCUT2D eigenvalue weighted by Crippen LogP contribution is 2.30. The average Bonchev–Trinajstić information content (AvgIpc) is 2.68. The molecular formula is C11H19N3O2. The molecule has 2 rings (SSSR count). The molecular weight excluding hydrogens is 206 g/mol. The molecule has 16 heavy (non-hydrogen) atoms. The predicted molar refractivity (Wildman–Crippen MR) is 59.9 cm³/mol. The summed E-state index contributed by atoms with van der Waals surface area (Å²) in [6.07, 6.45) is 5.89. The molecule has 0 aromatic carbocycles. The van der Waals surface area contributed by atoms with Crippen LogP contribution < -0.4 is 5.32 Å². The molecule has 0 radical (unpaired) electrons. The number of nitrogens with one attached hydrogen (secondary N) is 1. The van der Waals surface area contributed by atoms with E-state index < -0.39 is 11.7 Å². The summed E-state index contributed by atoms with van der Waals surface area (Å²) in [6.45, 7) is 1.55. The predicted octanol–water partition coefficient (Wildman–Crippen LogP) is -0.251. The Balaban J connectivity index is 1.62. The van der Waals surface area contributed by atoms with Gasteiger partial charge in [-0.25, -0.2) is 0 Å². The monoisotopic (exact) mass is 225 g/mol. The number of aromatic nitrogens is 2. The Morgan fingerprint density at radius 3 is 2.88 bits per heavy atom. The van der Waals surface area contributed by atoms with Crippen LogP contribution in [0.5, 0.6) is 0 Å². The number of aliphatic hydroxyl groups excluding tert-OH is 1. The molecule has 1 heterocycles. The third kappa shape index (κ3) is 3.04. The van der Waals surface area contributed by atoms with Crippen LogP contribution in [0, 0.1) is 0 Å². The molecule has 5 heteroatoms. The fourth-order valence-corrected chi connectivity index (χ4v) is 1.92. The van der Waals surface area contributed by atoms with Crippen LogP contribution >= 0.6 is 0 Å². The molecule has 1 aromatic rings. The lowest BCUT2D eigenvalue weighted by Crippen LogP contribution is -2.48. The van der Waals surface area contributed by atoms with E-state index >= 15 is 0 Å². The third-order valence-corrected chi connectivity index (χ3v) is 3.08. The molecule has 0 spiro atoms. The molecule has 0 bridgehead atoms. The van der Waals surface area contributed by atoms with E-state index in [2.05, 4.69) is 10.4 Å². The largest absolute Gasteiger partial charge is 0.390 e. The van der Waals surface area contributed by atoms with Crippen LogP contribution in [0.3, 0.4) is 0 Å². The molecule has 3 N–H and O–H groups in total. The number of aliphatic hydroxyl groups is 2. The van der Waals surface area contributed by atoms with Crippen molar-refractivity contribution in [3.05, 3.63) is 18.5 Å². The smallest absolute Gasteiger partial charge is 0.0860 e. The van der Waals surface area contributed by atoms with Crippen molar-refractivity contribution in [1.82, 2.24) is 15.1 Å². The summed E-state index contributed by atoms with van der Waals surface area (Å²) in [5, 5.41) is 26.6. The van der Waals surface area contributed by atoms with E-state index in [1.165, 1.54) is 0 Å². The Labute approximate surface area is 95.1 Å². The lowest BCUT2D eigenvalue weighted by molar-refractivity contribution is -0.0330. The van der Waals surface area contributed by atoms with Crippen molar-refractivity contribution in [2.24, 2.45) is 0 Å². The van der Waals surface area contributed by atoms with Crippen LogP contribution in [-0.4, -0.2) is 44.8 Å². The highest BCUT2D eigenvalue weighted by atomic mass is 16.3. The Bertz CT molecular complexity index is 309. The number of hydrogen-bond donors (Lipinski definition) is 3. The lowest BCUT2D eigenvalue weighted by Gasteiger charge is -2.36. The van der Waals surface area contributed by atoms with E-state index in [-0.39, 0.29) is 0 Å². The zero-order valence-corrected chi connectivity index (χ0v) is 9.34. The van der Waals surface area contributed by atoms with Gasteiger partial charge in [-0.3, -0.25) is 4.68 Å². The van der Waals surface area contributed by atoms with Crippen molar-refractivity contribution in [2.75, 3.05) is 13.1 Å². The quantitative estimate of drug-likeness (QED) is 0.624. The summed E-state index contributed by atoms with van der Waals surface area (Å²) >= 11 is 0. The minimum absolute atomic E-state index is 0.469. The van der Waals surface area contributed by atoms with Gasteiger partial charge in [0.2, 0.25) is 0 Å². The van der Waals surface area contributed by atoms with E-state index in [0.717, 1.165) is 19.3 Å². The molecule has 90 valence electrons. The first-order chi connectivity index (χ1) is 7.68. The van der Waals surface area contributed by atoms with Crippen molar-refractivity contribution < 1.29 is 10.2 Å². The van der Waals surface area contributed by atoms with Gasteiger partial charge < -0.3 is 15.5 Å². The Morgan fingerprint density at radius 1 is 1.50 bits per heavy atom. The van der Waals surface area contributed by atoms with Crippen LogP contribution in [-0.2, 0) is 6.54 Å². The van der Waals surface area contributed by atoms with Gasteiger partial charge in [0.1, 0.15) is 0 Å².